The Morgan fingerprint density at radius 3 is 2.51 bits per heavy atom. The van der Waals surface area contributed by atoms with Gasteiger partial charge in [0.2, 0.25) is 0 Å². The van der Waals surface area contributed by atoms with Crippen LogP contribution in [0.4, 0.5) is 4.79 Å². The molecule has 4 heterocycles. The second-order valence-corrected chi connectivity index (χ2v) is 15.5. The van der Waals surface area contributed by atoms with Crippen LogP contribution in [-0.2, 0) is 16.1 Å². The molecule has 0 bridgehead atoms. The molecule has 2 aliphatic heterocycles. The number of urea groups is 1. The van der Waals surface area contributed by atoms with E-state index >= 15 is 0 Å². The second kappa shape index (κ2) is 18.1. The summed E-state index contributed by atoms with van der Waals surface area (Å²) in [5.41, 5.74) is 4.14. The summed E-state index contributed by atoms with van der Waals surface area (Å²) in [5.74, 6) is 0.652. The molecule has 3 amide bonds. The minimum atomic E-state index is -1.10. The number of rotatable bonds is 9. The van der Waals surface area contributed by atoms with Gasteiger partial charge in [-0.1, -0.05) is 44.6 Å². The van der Waals surface area contributed by atoms with Crippen LogP contribution in [0.15, 0.2) is 60.0 Å². The van der Waals surface area contributed by atoms with E-state index in [4.69, 9.17) is 24.2 Å². The van der Waals surface area contributed by atoms with Gasteiger partial charge in [-0.2, -0.15) is 0 Å². The quantitative estimate of drug-likeness (QED) is 0.167. The summed E-state index contributed by atoms with van der Waals surface area (Å²) in [5, 5.41) is 16.4. The molecule has 55 heavy (non-hydrogen) atoms. The summed E-state index contributed by atoms with van der Waals surface area (Å²) in [6.07, 6.45) is 8.07. The molecule has 3 N–H and O–H groups in total. The molecule has 6 rings (SSSR count). The minimum absolute atomic E-state index is 0.207. The number of ether oxygens (including phenoxy) is 3. The van der Waals surface area contributed by atoms with Crippen LogP contribution >= 0.6 is 11.3 Å². The molecule has 4 atom stereocenters. The Morgan fingerprint density at radius 1 is 1.02 bits per heavy atom. The zero-order valence-corrected chi connectivity index (χ0v) is 33.1. The lowest BCUT2D eigenvalue weighted by Crippen LogP contribution is -3.19. The maximum atomic E-state index is 14.7. The minimum Gasteiger partial charge on any atom is -0.497 e. The number of nitrogens with zero attached hydrogens (tertiary/aromatic N) is 3. The lowest BCUT2D eigenvalue weighted by molar-refractivity contribution is -0.824. The van der Waals surface area contributed by atoms with Gasteiger partial charge in [0.1, 0.15) is 40.5 Å². The van der Waals surface area contributed by atoms with Crippen molar-refractivity contribution in [1.29, 1.82) is 0 Å². The third kappa shape index (κ3) is 9.45. The molecule has 4 unspecified atom stereocenters. The van der Waals surface area contributed by atoms with Crippen LogP contribution in [-0.4, -0.2) is 83.4 Å². The molecule has 1 saturated heterocycles. The van der Waals surface area contributed by atoms with Gasteiger partial charge in [0.25, 0.3) is 5.91 Å². The molecule has 4 aromatic rings. The van der Waals surface area contributed by atoms with Crippen LogP contribution in [0, 0.1) is 6.92 Å². The number of nitrogens with one attached hydrogen (secondary N) is 2. The van der Waals surface area contributed by atoms with Crippen LogP contribution in [0.2, 0.25) is 0 Å². The van der Waals surface area contributed by atoms with E-state index in [0.717, 1.165) is 58.6 Å². The smallest absolute Gasteiger partial charge is 0.418 e. The number of carbonyl (C=O) groups excluding carboxylic acids is 2. The zero-order valence-electron chi connectivity index (χ0n) is 32.3. The van der Waals surface area contributed by atoms with E-state index in [1.807, 2.05) is 65.7 Å². The van der Waals surface area contributed by atoms with Gasteiger partial charge in [0.15, 0.2) is 12.1 Å². The number of hydrogen-bond acceptors (Lipinski definition) is 9. The Morgan fingerprint density at radius 2 is 1.80 bits per heavy atom. The van der Waals surface area contributed by atoms with Crippen molar-refractivity contribution in [1.82, 2.24) is 20.2 Å². The molecule has 0 saturated carbocycles. The van der Waals surface area contributed by atoms with Gasteiger partial charge >= 0.3 is 12.0 Å². The number of amides is 3. The van der Waals surface area contributed by atoms with E-state index < -0.39 is 30.1 Å². The van der Waals surface area contributed by atoms with Gasteiger partial charge in [-0.15, -0.1) is 11.3 Å². The van der Waals surface area contributed by atoms with Crippen molar-refractivity contribution < 1.29 is 38.6 Å². The lowest BCUT2D eigenvalue weighted by Gasteiger charge is -2.27. The highest BCUT2D eigenvalue weighted by molar-refractivity contribution is 7.13. The number of aromatic nitrogens is 2. The Balaban J connectivity index is 1.36. The number of aliphatic carboxylic acids is 1. The van der Waals surface area contributed by atoms with Crippen LogP contribution < -0.4 is 24.4 Å². The van der Waals surface area contributed by atoms with E-state index in [1.54, 1.807) is 14.2 Å². The molecular weight excluding hydrogens is 719 g/mol. The fourth-order valence-electron chi connectivity index (χ4n) is 7.30. The summed E-state index contributed by atoms with van der Waals surface area (Å²) >= 11 is 1.52. The number of benzene rings is 2. The van der Waals surface area contributed by atoms with Gasteiger partial charge in [-0.3, -0.25) is 9.69 Å². The first-order valence-corrected chi connectivity index (χ1v) is 20.0. The average molecular weight is 771 g/mol. The molecule has 0 aliphatic carbocycles. The Bertz CT molecular complexity index is 2010. The monoisotopic (exact) mass is 770 g/mol. The zero-order chi connectivity index (χ0) is 39.1. The molecule has 0 spiro atoms. The fourth-order valence-corrected chi connectivity index (χ4v) is 8.24. The maximum Gasteiger partial charge on any atom is 0.418 e. The molecule has 0 radical (unpaired) electrons. The van der Waals surface area contributed by atoms with Gasteiger partial charge in [0, 0.05) is 28.9 Å². The predicted molar refractivity (Wildman–Crippen MR) is 212 cm³/mol. The predicted octanol–water partition coefficient (Wildman–Crippen LogP) is 6.31. The highest BCUT2D eigenvalue weighted by Crippen LogP contribution is 2.37. The largest absolute Gasteiger partial charge is 0.497 e. The summed E-state index contributed by atoms with van der Waals surface area (Å²) in [7, 11) is 3.24. The number of fused-ring (bicyclic) bond motifs is 2. The highest BCUT2D eigenvalue weighted by Gasteiger charge is 2.48. The number of quaternary nitrogens is 1. The normalized spacial score (nSPS) is 21.4. The second-order valence-electron chi connectivity index (χ2n) is 14.7. The number of methoxy groups -OCH3 is 2. The van der Waals surface area contributed by atoms with Gasteiger partial charge in [-0.25, -0.2) is 24.5 Å². The molecule has 2 aromatic carbocycles. The first-order valence-electron chi connectivity index (χ1n) is 19.1. The number of allylic oxidation sites excluding steroid dienone is 2. The topological polar surface area (TPSA) is 145 Å². The van der Waals surface area contributed by atoms with Crippen molar-refractivity contribution in [2.75, 3.05) is 27.3 Å². The van der Waals surface area contributed by atoms with Crippen molar-refractivity contribution >= 4 is 40.1 Å². The number of thiazole rings is 1. The summed E-state index contributed by atoms with van der Waals surface area (Å²) in [6, 6.07) is 11.1. The highest BCUT2D eigenvalue weighted by atomic mass is 32.1. The fraction of sp³-hybridized carbons (Fsp3) is 0.452. The van der Waals surface area contributed by atoms with Crippen molar-refractivity contribution in [2.45, 2.75) is 96.4 Å². The van der Waals surface area contributed by atoms with Crippen LogP contribution in [0.3, 0.4) is 0 Å². The SMILES string of the molecule is COc1ccc(CN2CCCCCC=CCCC(C(=O)O)NC(=O)C3CC(Oc4cc(-c5nc(C(C)C)cs5)nc5c(C)c(OC)ccc45)C[NH+]3C2=O)cc1. The van der Waals surface area contributed by atoms with E-state index in [2.05, 4.69) is 25.2 Å². The van der Waals surface area contributed by atoms with E-state index in [0.29, 0.717) is 47.1 Å². The van der Waals surface area contributed by atoms with Gasteiger partial charge in [0.05, 0.1) is 38.4 Å². The van der Waals surface area contributed by atoms with Gasteiger partial charge in [-0.05, 0) is 74.8 Å². The van der Waals surface area contributed by atoms with Crippen molar-refractivity contribution in [3.63, 3.8) is 0 Å². The molecule has 292 valence electrons. The van der Waals surface area contributed by atoms with Crippen molar-refractivity contribution in [3.8, 4) is 28.0 Å². The van der Waals surface area contributed by atoms with Gasteiger partial charge < -0.3 is 24.6 Å². The number of pyridine rings is 1. The first-order chi connectivity index (χ1) is 26.6. The number of aryl methyl sites for hydroxylation is 1. The standard InChI is InChI=1S/C42H51N5O7S/c1-26(2)34-25-55-40(45-34)33-22-37(31-18-19-36(53-5)27(3)38(31)43-33)54-30-21-35-39(48)44-32(41(49)50)13-11-9-7-6-8-10-12-20-46(42(51)47(35)24-30)23-28-14-16-29(52-4)17-15-28/h7,9,14-19,22,25-26,30,32,35H,6,8,10-13,20-21,23-24H2,1-5H3,(H,44,48)(H,49,50)/p+1. The number of hydrogen-bond donors (Lipinski definition) is 3. The summed E-state index contributed by atoms with van der Waals surface area (Å²) in [6.45, 7) is 7.23. The van der Waals surface area contributed by atoms with E-state index in [9.17, 15) is 19.5 Å². The Kier molecular flexibility index (Phi) is 13.0. The third-order valence-electron chi connectivity index (χ3n) is 10.5. The van der Waals surface area contributed by atoms with E-state index in [-0.39, 0.29) is 31.3 Å². The molecular formula is C42H52N5O7S+. The molecule has 2 aliphatic rings. The van der Waals surface area contributed by atoms with E-state index in [1.165, 1.54) is 11.3 Å². The Labute approximate surface area is 326 Å². The number of carbonyl (C=O) groups is 3. The lowest BCUT2D eigenvalue weighted by atomic mass is 10.1. The first kappa shape index (κ1) is 39.7. The van der Waals surface area contributed by atoms with Crippen LogP contribution in [0.5, 0.6) is 17.2 Å². The maximum absolute atomic E-state index is 14.7. The molecule has 13 heteroatoms. The third-order valence-corrected chi connectivity index (χ3v) is 11.4. The van der Waals surface area contributed by atoms with Crippen LogP contribution in [0.25, 0.3) is 21.6 Å². The summed E-state index contributed by atoms with van der Waals surface area (Å²) < 4.78 is 17.8. The Hall–Kier alpha value is -5.01. The number of carboxylic acid groups (broad SMARTS) is 1. The number of carboxylic acids is 1. The van der Waals surface area contributed by atoms with Crippen molar-refractivity contribution in [2.24, 2.45) is 0 Å². The average Bonchev–Trinajstić information content (AvgIpc) is 3.85. The van der Waals surface area contributed by atoms with Crippen molar-refractivity contribution in [3.05, 3.63) is 76.8 Å². The molecule has 12 nitrogen and oxygen atoms in total. The molecule has 2 aromatic heterocycles. The summed E-state index contributed by atoms with van der Waals surface area (Å²) in [4.78, 5) is 53.3. The van der Waals surface area contributed by atoms with Crippen LogP contribution in [0.1, 0.15) is 81.5 Å². The molecule has 1 fully saturated rings.